The molecule has 0 bridgehead atoms. The Labute approximate surface area is 288 Å². The van der Waals surface area contributed by atoms with Gasteiger partial charge in [0.2, 0.25) is 5.71 Å². The summed E-state index contributed by atoms with van der Waals surface area (Å²) >= 11 is 0. The molecule has 0 unspecified atom stereocenters. The first kappa shape index (κ1) is 23.9. The molecule has 0 saturated carbocycles. The van der Waals surface area contributed by atoms with Crippen LogP contribution in [0.4, 0.5) is 0 Å². The molecule has 0 spiro atoms. The van der Waals surface area contributed by atoms with Gasteiger partial charge in [0.05, 0.1) is 5.58 Å². The van der Waals surface area contributed by atoms with Crippen LogP contribution in [0.2, 0.25) is 0 Å². The van der Waals surface area contributed by atoms with Crippen molar-refractivity contribution in [1.29, 1.82) is 0 Å². The summed E-state index contributed by atoms with van der Waals surface area (Å²) in [6, 6.07) is 37.1. The van der Waals surface area contributed by atoms with Crippen molar-refractivity contribution in [2.75, 3.05) is 0 Å². The minimum atomic E-state index is -2.55. The van der Waals surface area contributed by atoms with Gasteiger partial charge in [-0.1, -0.05) is 85.8 Å². The van der Waals surface area contributed by atoms with Crippen LogP contribution in [-0.4, -0.2) is 15.0 Å². The number of rotatable bonds is 5. The molecular weight excluding hydrogens is 731 g/mol. The second-order valence-corrected chi connectivity index (χ2v) is 11.2. The van der Waals surface area contributed by atoms with E-state index in [0.29, 0.717) is 33.2 Å². The molecule has 3 aromatic carbocycles. The zero-order valence-electron chi connectivity index (χ0n) is 32.1. The molecule has 45 heavy (non-hydrogen) atoms. The molecule has 0 N–H and O–H groups in total. The monoisotopic (exact) mass is 773 g/mol. The molecule has 0 aliphatic carbocycles. The molecule has 0 fully saturated rings. The number of aryl methyl sites for hydroxylation is 1. The van der Waals surface area contributed by atoms with E-state index >= 15 is 0 Å². The zero-order valence-corrected chi connectivity index (χ0v) is 27.4. The maximum atomic E-state index is 8.81. The van der Waals surface area contributed by atoms with Crippen LogP contribution in [-0.2, 0) is 32.9 Å². The van der Waals surface area contributed by atoms with E-state index in [4.69, 9.17) is 14.0 Å². The summed E-state index contributed by atoms with van der Waals surface area (Å²) in [4.78, 5) is 13.1. The molecule has 4 aromatic heterocycles. The average molecular weight is 773 g/mol. The van der Waals surface area contributed by atoms with Gasteiger partial charge in [0, 0.05) is 59.5 Å². The Hall–Kier alpha value is -4.44. The minimum absolute atomic E-state index is 0. The summed E-state index contributed by atoms with van der Waals surface area (Å²) in [6.45, 7) is 2.62. The maximum Gasteiger partial charge on any atom is 0.216 e. The third kappa shape index (κ3) is 7.80. The number of benzene rings is 3. The van der Waals surface area contributed by atoms with Crippen LogP contribution < -0.4 is 0 Å². The number of hydrogen-bond acceptors (Lipinski definition) is 4. The van der Waals surface area contributed by atoms with Gasteiger partial charge in [-0.15, -0.1) is 54.1 Å². The Bertz CT molecular complexity index is 2250. The number of nitrogens with zero attached hydrogens (tertiary/aromatic N) is 3. The van der Waals surface area contributed by atoms with Crippen molar-refractivity contribution in [3.05, 3.63) is 150 Å². The van der Waals surface area contributed by atoms with E-state index in [1.807, 2.05) is 54.6 Å². The van der Waals surface area contributed by atoms with Crippen LogP contribution in [0.15, 0.2) is 120 Å². The van der Waals surface area contributed by atoms with E-state index in [1.165, 1.54) is 12.3 Å². The summed E-state index contributed by atoms with van der Waals surface area (Å²) in [6.07, 6.45) is -0.823. The van der Waals surface area contributed by atoms with Gasteiger partial charge in [0.1, 0.15) is 0 Å². The maximum absolute atomic E-state index is 8.81. The first-order valence-corrected chi connectivity index (χ1v) is 14.3. The SMILES string of the molecule is [2H]C([2H])([2H])c1cnc(-c2[c-]ccc3c2oc2nc(C([2H])([2H])c4ccccc4)ccc23)cc1C([2H])([2H])C(C)(C)C.[Ir].[c-]1ccccc1-c1ccccn1. The quantitative estimate of drug-likeness (QED) is 0.164. The first-order valence-electron chi connectivity index (χ1n) is 17.8. The van der Waals surface area contributed by atoms with Crippen molar-refractivity contribution in [2.24, 2.45) is 5.41 Å². The molecule has 0 aliphatic rings. The van der Waals surface area contributed by atoms with Crippen LogP contribution in [0.5, 0.6) is 0 Å². The van der Waals surface area contributed by atoms with Crippen LogP contribution in [0, 0.1) is 24.4 Å². The van der Waals surface area contributed by atoms with Crippen molar-refractivity contribution >= 4 is 22.1 Å². The van der Waals surface area contributed by atoms with Crippen molar-refractivity contribution < 1.29 is 34.1 Å². The van der Waals surface area contributed by atoms with Gasteiger partial charge < -0.3 is 14.4 Å². The number of fused-ring (bicyclic) bond motifs is 3. The Morgan fingerprint density at radius 3 is 2.38 bits per heavy atom. The van der Waals surface area contributed by atoms with Crippen LogP contribution in [0.3, 0.4) is 0 Å². The summed E-state index contributed by atoms with van der Waals surface area (Å²) < 4.78 is 65.0. The van der Waals surface area contributed by atoms with Gasteiger partial charge in [-0.3, -0.25) is 0 Å². The van der Waals surface area contributed by atoms with Crippen LogP contribution in [0.25, 0.3) is 44.6 Å². The fourth-order valence-corrected chi connectivity index (χ4v) is 4.73. The van der Waals surface area contributed by atoms with Crippen LogP contribution >= 0.6 is 0 Å². The predicted molar refractivity (Wildman–Crippen MR) is 179 cm³/mol. The van der Waals surface area contributed by atoms with E-state index in [1.54, 1.807) is 69.4 Å². The second kappa shape index (κ2) is 14.1. The van der Waals surface area contributed by atoms with Crippen molar-refractivity contribution in [2.45, 2.75) is 40.4 Å². The van der Waals surface area contributed by atoms with Crippen molar-refractivity contribution in [1.82, 2.24) is 15.0 Å². The van der Waals surface area contributed by atoms with Gasteiger partial charge in [-0.25, -0.2) is 4.98 Å². The summed E-state index contributed by atoms with van der Waals surface area (Å²) in [7, 11) is 0. The molecular formula is C40H35IrN3O-2. The normalized spacial score (nSPS) is 14.3. The van der Waals surface area contributed by atoms with E-state index in [2.05, 4.69) is 27.1 Å². The largest absolute Gasteiger partial charge is 0.486 e. The standard InChI is InChI=1S/C29H27N2O.C11H8N.Ir/c1-19-18-30-26(16-21(19)17-29(2,3)4)25-12-8-11-23-24-14-13-22(31-28(24)32-27(23)25)15-20-9-6-5-7-10-20;1-2-6-10(7-3-1)11-8-4-5-9-12-11;/h5-11,13-14,16,18H,15,17H2,1-4H3;1-6,8-9H;/q2*-1;/i1D3,15D2,17D2;;. The van der Waals surface area contributed by atoms with Gasteiger partial charge in [-0.2, -0.15) is 0 Å². The van der Waals surface area contributed by atoms with Gasteiger partial charge in [0.25, 0.3) is 0 Å². The third-order valence-electron chi connectivity index (χ3n) is 6.66. The molecule has 4 nitrogen and oxygen atoms in total. The molecule has 5 heteroatoms. The topological polar surface area (TPSA) is 51.8 Å². The Morgan fingerprint density at radius 2 is 1.64 bits per heavy atom. The molecule has 7 rings (SSSR count). The Balaban J connectivity index is 0.000000339. The van der Waals surface area contributed by atoms with Gasteiger partial charge >= 0.3 is 0 Å². The minimum Gasteiger partial charge on any atom is -0.486 e. The number of furan rings is 1. The zero-order chi connectivity index (χ0) is 36.6. The number of hydrogen-bond donors (Lipinski definition) is 0. The fourth-order valence-electron chi connectivity index (χ4n) is 4.73. The van der Waals surface area contributed by atoms with E-state index in [-0.39, 0.29) is 42.6 Å². The van der Waals surface area contributed by atoms with E-state index in [9.17, 15) is 0 Å². The molecule has 1 radical (unpaired) electrons. The van der Waals surface area contributed by atoms with Crippen molar-refractivity contribution in [3.63, 3.8) is 0 Å². The first-order chi connectivity index (χ1) is 24.1. The number of aromatic nitrogens is 3. The predicted octanol–water partition coefficient (Wildman–Crippen LogP) is 9.88. The molecule has 0 saturated heterocycles. The average Bonchev–Trinajstić information content (AvgIpc) is 3.50. The summed E-state index contributed by atoms with van der Waals surface area (Å²) in [5.74, 6) is 0. The number of pyridine rings is 3. The molecule has 0 amide bonds. The summed E-state index contributed by atoms with van der Waals surface area (Å²) in [5.41, 5.74) is 3.08. The molecule has 4 heterocycles. The summed E-state index contributed by atoms with van der Waals surface area (Å²) in [5, 5.41) is 1.39. The molecule has 227 valence electrons. The fraction of sp³-hybridized carbons (Fsp3) is 0.175. The van der Waals surface area contributed by atoms with Crippen molar-refractivity contribution in [3.8, 4) is 22.5 Å². The van der Waals surface area contributed by atoms with Crippen LogP contribution in [0.1, 0.15) is 52.8 Å². The van der Waals surface area contributed by atoms with Gasteiger partial charge in [-0.05, 0) is 59.4 Å². The van der Waals surface area contributed by atoms with E-state index < -0.39 is 25.0 Å². The van der Waals surface area contributed by atoms with E-state index in [0.717, 1.165) is 11.3 Å². The molecule has 7 aromatic rings. The Kier molecular flexibility index (Phi) is 7.49. The second-order valence-electron chi connectivity index (χ2n) is 11.2. The third-order valence-corrected chi connectivity index (χ3v) is 6.66. The van der Waals surface area contributed by atoms with Gasteiger partial charge in [0.15, 0.2) is 0 Å². The molecule has 0 aliphatic heterocycles. The molecule has 0 atom stereocenters. The smallest absolute Gasteiger partial charge is 0.216 e. The Morgan fingerprint density at radius 1 is 0.822 bits per heavy atom.